The van der Waals surface area contributed by atoms with Crippen LogP contribution < -0.4 is 10.1 Å². The minimum Gasteiger partial charge on any atom is -0.493 e. The van der Waals surface area contributed by atoms with E-state index in [2.05, 4.69) is 5.32 Å². The number of nitrogens with one attached hydrogen (secondary N) is 1. The second-order valence-corrected chi connectivity index (χ2v) is 6.23. The molecule has 1 aromatic carbocycles. The number of hydrogen-bond acceptors (Lipinski definition) is 3. The molecule has 0 bridgehead atoms. The fourth-order valence-corrected chi connectivity index (χ4v) is 3.11. The van der Waals surface area contributed by atoms with Crippen LogP contribution in [0.25, 0.3) is 0 Å². The monoisotopic (exact) mass is 344 g/mol. The van der Waals surface area contributed by atoms with Crippen molar-refractivity contribution in [2.24, 2.45) is 0 Å². The number of aliphatic hydroxyl groups is 1. The minimum atomic E-state index is -4.75. The van der Waals surface area contributed by atoms with Gasteiger partial charge in [-0.2, -0.15) is 13.2 Å². The Morgan fingerprint density at radius 3 is 2.83 bits per heavy atom. The van der Waals surface area contributed by atoms with E-state index < -0.39 is 30.8 Å². The SMILES string of the molecule is O=C(N[C@H]1CCCOc2ccccc21)N1CC[C@@](O)(C(F)(F)F)C1. The first kappa shape index (κ1) is 16.9. The normalized spacial score (nSPS) is 27.2. The van der Waals surface area contributed by atoms with Crippen molar-refractivity contribution in [2.45, 2.75) is 37.1 Å². The Morgan fingerprint density at radius 1 is 1.38 bits per heavy atom. The molecule has 0 aromatic heterocycles. The van der Waals surface area contributed by atoms with E-state index in [9.17, 15) is 23.1 Å². The third-order valence-electron chi connectivity index (χ3n) is 4.55. The Kier molecular flexibility index (Phi) is 4.33. The van der Waals surface area contributed by atoms with E-state index in [-0.39, 0.29) is 12.6 Å². The van der Waals surface area contributed by atoms with Crippen LogP contribution in [-0.2, 0) is 0 Å². The van der Waals surface area contributed by atoms with E-state index in [1.165, 1.54) is 0 Å². The van der Waals surface area contributed by atoms with E-state index in [1.54, 1.807) is 6.07 Å². The van der Waals surface area contributed by atoms with E-state index >= 15 is 0 Å². The van der Waals surface area contributed by atoms with Crippen LogP contribution in [0.4, 0.5) is 18.0 Å². The number of carbonyl (C=O) groups is 1. The number of rotatable bonds is 1. The first-order valence-corrected chi connectivity index (χ1v) is 7.86. The molecule has 2 heterocycles. The van der Waals surface area contributed by atoms with E-state index in [4.69, 9.17) is 4.74 Å². The lowest BCUT2D eigenvalue weighted by Gasteiger charge is -2.27. The number of benzene rings is 1. The van der Waals surface area contributed by atoms with Gasteiger partial charge in [0.25, 0.3) is 0 Å². The zero-order valence-electron chi connectivity index (χ0n) is 13.0. The molecule has 3 rings (SSSR count). The van der Waals surface area contributed by atoms with Gasteiger partial charge in [-0.15, -0.1) is 0 Å². The molecule has 2 amide bonds. The molecule has 8 heteroatoms. The quantitative estimate of drug-likeness (QED) is 0.823. The van der Waals surface area contributed by atoms with E-state index in [1.807, 2.05) is 18.2 Å². The van der Waals surface area contributed by atoms with Gasteiger partial charge in [0, 0.05) is 18.5 Å². The number of hydrogen-bond donors (Lipinski definition) is 2. The van der Waals surface area contributed by atoms with Crippen molar-refractivity contribution in [1.29, 1.82) is 0 Å². The number of para-hydroxylation sites is 1. The van der Waals surface area contributed by atoms with Gasteiger partial charge in [0.05, 0.1) is 19.2 Å². The molecular weight excluding hydrogens is 325 g/mol. The maximum absolute atomic E-state index is 12.9. The second-order valence-electron chi connectivity index (χ2n) is 6.23. The smallest absolute Gasteiger partial charge is 0.419 e. The number of nitrogens with zero attached hydrogens (tertiary/aromatic N) is 1. The maximum atomic E-state index is 12.9. The number of carbonyl (C=O) groups excluding carboxylic acids is 1. The Labute approximate surface area is 137 Å². The lowest BCUT2D eigenvalue weighted by atomic mass is 10.0. The van der Waals surface area contributed by atoms with Gasteiger partial charge in [0.2, 0.25) is 0 Å². The first-order valence-electron chi connectivity index (χ1n) is 7.86. The molecule has 0 radical (unpaired) electrons. The van der Waals surface area contributed by atoms with Gasteiger partial charge < -0.3 is 20.1 Å². The molecule has 132 valence electrons. The molecule has 1 saturated heterocycles. The molecule has 2 atom stereocenters. The van der Waals surface area contributed by atoms with E-state index in [0.29, 0.717) is 18.8 Å². The van der Waals surface area contributed by atoms with Crippen LogP contribution in [0.5, 0.6) is 5.75 Å². The second kappa shape index (κ2) is 6.16. The van der Waals surface area contributed by atoms with Crippen LogP contribution >= 0.6 is 0 Å². The fourth-order valence-electron chi connectivity index (χ4n) is 3.11. The summed E-state index contributed by atoms with van der Waals surface area (Å²) in [5.74, 6) is 0.675. The lowest BCUT2D eigenvalue weighted by Crippen LogP contribution is -2.49. The van der Waals surface area contributed by atoms with Crippen molar-refractivity contribution in [2.75, 3.05) is 19.7 Å². The molecule has 0 spiro atoms. The van der Waals surface area contributed by atoms with Crippen LogP contribution in [0.2, 0.25) is 0 Å². The summed E-state index contributed by atoms with van der Waals surface area (Å²) in [4.78, 5) is 13.4. The topological polar surface area (TPSA) is 61.8 Å². The highest BCUT2D eigenvalue weighted by Gasteiger charge is 2.57. The Balaban J connectivity index is 1.70. The molecule has 2 aliphatic rings. The van der Waals surface area contributed by atoms with Gasteiger partial charge in [-0.1, -0.05) is 18.2 Å². The number of alkyl halides is 3. The highest BCUT2D eigenvalue weighted by Crippen LogP contribution is 2.38. The summed E-state index contributed by atoms with van der Waals surface area (Å²) in [6.45, 7) is -0.346. The fraction of sp³-hybridized carbons (Fsp3) is 0.562. The molecular formula is C16H19F3N2O3. The van der Waals surface area contributed by atoms with E-state index in [0.717, 1.165) is 16.9 Å². The highest BCUT2D eigenvalue weighted by atomic mass is 19.4. The minimum absolute atomic E-state index is 0.132. The summed E-state index contributed by atoms with van der Waals surface area (Å²) in [5.41, 5.74) is -2.01. The zero-order valence-corrected chi connectivity index (χ0v) is 13.0. The molecule has 2 N–H and O–H groups in total. The molecule has 2 aliphatic heterocycles. The molecule has 1 fully saturated rings. The summed E-state index contributed by atoms with van der Waals surface area (Å²) >= 11 is 0. The van der Waals surface area contributed by atoms with Crippen LogP contribution in [0.15, 0.2) is 24.3 Å². The maximum Gasteiger partial charge on any atom is 0.419 e. The number of urea groups is 1. The van der Waals surface area contributed by atoms with Crippen molar-refractivity contribution in [1.82, 2.24) is 10.2 Å². The Bertz CT molecular complexity index is 623. The molecule has 24 heavy (non-hydrogen) atoms. The summed E-state index contributed by atoms with van der Waals surface area (Å²) < 4.78 is 44.2. The summed E-state index contributed by atoms with van der Waals surface area (Å²) in [6, 6.07) is 6.37. The molecule has 0 aliphatic carbocycles. The molecule has 1 aromatic rings. The molecule has 5 nitrogen and oxygen atoms in total. The number of amides is 2. The summed E-state index contributed by atoms with van der Waals surface area (Å²) in [7, 11) is 0. The average molecular weight is 344 g/mol. The summed E-state index contributed by atoms with van der Waals surface area (Å²) in [6.07, 6.45) is -3.88. The van der Waals surface area contributed by atoms with Crippen molar-refractivity contribution >= 4 is 6.03 Å². The number of likely N-dealkylation sites (tertiary alicyclic amines) is 1. The largest absolute Gasteiger partial charge is 0.493 e. The first-order chi connectivity index (χ1) is 11.3. The van der Waals surface area contributed by atoms with Crippen molar-refractivity contribution in [3.8, 4) is 5.75 Å². The number of ether oxygens (including phenoxy) is 1. The molecule has 0 saturated carbocycles. The van der Waals surface area contributed by atoms with Crippen LogP contribution in [0, 0.1) is 0 Å². The Morgan fingerprint density at radius 2 is 2.12 bits per heavy atom. The third-order valence-corrected chi connectivity index (χ3v) is 4.55. The van der Waals surface area contributed by atoms with Crippen molar-refractivity contribution < 1.29 is 27.8 Å². The van der Waals surface area contributed by atoms with Gasteiger partial charge in [-0.3, -0.25) is 0 Å². The van der Waals surface area contributed by atoms with Gasteiger partial charge in [0.1, 0.15) is 5.75 Å². The van der Waals surface area contributed by atoms with Crippen LogP contribution in [0.1, 0.15) is 30.9 Å². The zero-order chi connectivity index (χ0) is 17.4. The van der Waals surface area contributed by atoms with Crippen molar-refractivity contribution in [3.05, 3.63) is 29.8 Å². The molecule has 0 unspecified atom stereocenters. The standard InChI is InChI=1S/C16H19F3N2O3/c17-16(18,19)15(23)7-8-21(10-15)14(22)20-12-5-3-9-24-13-6-2-1-4-11(12)13/h1-2,4,6,12,23H,3,5,7-10H2,(H,20,22)/t12-,15-/m0/s1. The Hall–Kier alpha value is -1.96. The van der Waals surface area contributed by atoms with Gasteiger partial charge in [-0.25, -0.2) is 4.79 Å². The number of β-amino-alcohol motifs (C(OH)–C–C–N with tert-alkyl or cyclic N) is 1. The highest BCUT2D eigenvalue weighted by molar-refractivity contribution is 5.75. The van der Waals surface area contributed by atoms with Gasteiger partial charge >= 0.3 is 12.2 Å². The third kappa shape index (κ3) is 3.15. The lowest BCUT2D eigenvalue weighted by molar-refractivity contribution is -0.253. The van der Waals surface area contributed by atoms with Gasteiger partial charge in [0.15, 0.2) is 5.60 Å². The summed E-state index contributed by atoms with van der Waals surface area (Å²) in [5, 5.41) is 12.5. The van der Waals surface area contributed by atoms with Crippen molar-refractivity contribution in [3.63, 3.8) is 0 Å². The predicted octanol–water partition coefficient (Wildman–Crippen LogP) is 2.61. The van der Waals surface area contributed by atoms with Crippen LogP contribution in [0.3, 0.4) is 0 Å². The number of halogens is 3. The number of fused-ring (bicyclic) bond motifs is 1. The average Bonchev–Trinajstić information content (AvgIpc) is 2.83. The van der Waals surface area contributed by atoms with Gasteiger partial charge in [-0.05, 0) is 18.9 Å². The predicted molar refractivity (Wildman–Crippen MR) is 79.6 cm³/mol. The van der Waals surface area contributed by atoms with Crippen LogP contribution in [-0.4, -0.2) is 47.5 Å².